The second-order valence-electron chi connectivity index (χ2n) is 2.27. The van der Waals surface area contributed by atoms with Crippen molar-refractivity contribution >= 4 is 0 Å². The van der Waals surface area contributed by atoms with Crippen LogP contribution >= 0.6 is 0 Å². The van der Waals surface area contributed by atoms with Crippen LogP contribution in [0.4, 0.5) is 0 Å². The summed E-state index contributed by atoms with van der Waals surface area (Å²) in [4.78, 5) is 0. The quantitative estimate of drug-likeness (QED) is 0.564. The molecule has 1 aromatic rings. The minimum Gasteiger partial charge on any atom is -0.154 e. The van der Waals surface area contributed by atoms with Crippen LogP contribution in [0.3, 0.4) is 0 Å². The first-order valence-corrected chi connectivity index (χ1v) is 3.21. The van der Waals surface area contributed by atoms with Gasteiger partial charge in [0.05, 0.1) is 6.54 Å². The maximum absolute atomic E-state index is 10.5. The molecule has 0 aliphatic carbocycles. The van der Waals surface area contributed by atoms with Gasteiger partial charge in [-0.3, -0.25) is 0 Å². The Balaban J connectivity index is 2.59. The first-order chi connectivity index (χ1) is 4.79. The van der Waals surface area contributed by atoms with Gasteiger partial charge >= 0.3 is 0 Å². The second kappa shape index (κ2) is 3.34. The predicted octanol–water partition coefficient (Wildman–Crippen LogP) is 1.46. The lowest BCUT2D eigenvalue weighted by Gasteiger charge is -2.03. The summed E-state index contributed by atoms with van der Waals surface area (Å²) in [5, 5.41) is 11.4. The molecule has 1 rings (SSSR count). The average molecular weight is 136 g/mol. The van der Waals surface area contributed by atoms with Crippen LogP contribution in [0.1, 0.15) is 5.56 Å². The molecule has 1 radical (unpaired) electrons. The number of hydrogen-bond acceptors (Lipinski definition) is 1. The normalized spacial score (nSPS) is 10.3. The van der Waals surface area contributed by atoms with Gasteiger partial charge in [-0.1, -0.05) is 30.3 Å². The molecule has 0 saturated heterocycles. The van der Waals surface area contributed by atoms with Crippen molar-refractivity contribution in [3.05, 3.63) is 35.9 Å². The molecule has 0 aliphatic heterocycles. The minimum absolute atomic E-state index is 0.473. The van der Waals surface area contributed by atoms with E-state index in [9.17, 15) is 5.21 Å². The molecule has 0 aromatic heterocycles. The third-order valence-electron chi connectivity index (χ3n) is 1.25. The van der Waals surface area contributed by atoms with Crippen molar-refractivity contribution in [1.82, 2.24) is 5.06 Å². The molecule has 10 heavy (non-hydrogen) atoms. The molecule has 0 aliphatic rings. The van der Waals surface area contributed by atoms with Crippen molar-refractivity contribution in [3.8, 4) is 0 Å². The SMILES string of the molecule is CN([O])Cc1ccccc1. The Morgan fingerprint density at radius 3 is 2.40 bits per heavy atom. The molecule has 1 aromatic carbocycles. The van der Waals surface area contributed by atoms with Crippen molar-refractivity contribution in [2.75, 3.05) is 7.05 Å². The summed E-state index contributed by atoms with van der Waals surface area (Å²) >= 11 is 0. The highest BCUT2D eigenvalue weighted by molar-refractivity contribution is 5.13. The molecule has 0 N–H and O–H groups in total. The van der Waals surface area contributed by atoms with Crippen LogP contribution in [0.2, 0.25) is 0 Å². The van der Waals surface area contributed by atoms with Gasteiger partial charge in [0.25, 0.3) is 0 Å². The lowest BCUT2D eigenvalue weighted by Crippen LogP contribution is -2.09. The minimum atomic E-state index is 0.473. The van der Waals surface area contributed by atoms with E-state index >= 15 is 0 Å². The van der Waals surface area contributed by atoms with E-state index in [1.165, 1.54) is 7.05 Å². The van der Waals surface area contributed by atoms with E-state index in [0.717, 1.165) is 10.6 Å². The number of hydrogen-bond donors (Lipinski definition) is 0. The molecule has 0 fully saturated rings. The fraction of sp³-hybridized carbons (Fsp3) is 0.250. The van der Waals surface area contributed by atoms with Gasteiger partial charge in [0, 0.05) is 7.05 Å². The number of nitrogens with zero attached hydrogens (tertiary/aromatic N) is 1. The summed E-state index contributed by atoms with van der Waals surface area (Å²) in [6, 6.07) is 9.68. The smallest absolute Gasteiger partial charge is 0.0518 e. The van der Waals surface area contributed by atoms with Gasteiger partial charge in [0.2, 0.25) is 0 Å². The molecule has 0 spiro atoms. The fourth-order valence-corrected chi connectivity index (χ4v) is 0.841. The van der Waals surface area contributed by atoms with Crippen molar-refractivity contribution in [1.29, 1.82) is 0 Å². The molecule has 2 heteroatoms. The standard InChI is InChI=1S/C8H10NO/c1-9(10)7-8-5-3-2-4-6-8/h2-6H,7H2,1H3. The summed E-state index contributed by atoms with van der Waals surface area (Å²) in [5.74, 6) is 0. The zero-order valence-corrected chi connectivity index (χ0v) is 5.95. The summed E-state index contributed by atoms with van der Waals surface area (Å²) in [6.07, 6.45) is 0. The van der Waals surface area contributed by atoms with E-state index in [4.69, 9.17) is 0 Å². The van der Waals surface area contributed by atoms with Crippen LogP contribution in [-0.4, -0.2) is 12.1 Å². The van der Waals surface area contributed by atoms with Crippen LogP contribution in [0.15, 0.2) is 30.3 Å². The largest absolute Gasteiger partial charge is 0.154 e. The molecule has 0 heterocycles. The summed E-state index contributed by atoms with van der Waals surface area (Å²) in [7, 11) is 1.52. The van der Waals surface area contributed by atoms with Gasteiger partial charge < -0.3 is 0 Å². The second-order valence-corrected chi connectivity index (χ2v) is 2.27. The van der Waals surface area contributed by atoms with Crippen LogP contribution in [-0.2, 0) is 11.8 Å². The van der Waals surface area contributed by atoms with Crippen LogP contribution < -0.4 is 0 Å². The highest BCUT2D eigenvalue weighted by atomic mass is 16.5. The molecule has 53 valence electrons. The molecule has 0 amide bonds. The van der Waals surface area contributed by atoms with Gasteiger partial charge in [-0.05, 0) is 5.56 Å². The Hall–Kier alpha value is -0.860. The molecule has 0 saturated carbocycles. The van der Waals surface area contributed by atoms with E-state index in [1.54, 1.807) is 0 Å². The third kappa shape index (κ3) is 2.17. The first kappa shape index (κ1) is 7.25. The highest BCUT2D eigenvalue weighted by Gasteiger charge is 1.93. The van der Waals surface area contributed by atoms with Crippen LogP contribution in [0.5, 0.6) is 0 Å². The van der Waals surface area contributed by atoms with Crippen molar-refractivity contribution < 1.29 is 5.21 Å². The summed E-state index contributed by atoms with van der Waals surface area (Å²) < 4.78 is 0. The Morgan fingerprint density at radius 1 is 1.30 bits per heavy atom. The Morgan fingerprint density at radius 2 is 1.90 bits per heavy atom. The summed E-state index contributed by atoms with van der Waals surface area (Å²) in [5.41, 5.74) is 1.06. The summed E-state index contributed by atoms with van der Waals surface area (Å²) in [6.45, 7) is 0.473. The molecule has 2 nitrogen and oxygen atoms in total. The van der Waals surface area contributed by atoms with Crippen LogP contribution in [0, 0.1) is 0 Å². The van der Waals surface area contributed by atoms with Crippen molar-refractivity contribution in [2.45, 2.75) is 6.54 Å². The van der Waals surface area contributed by atoms with Gasteiger partial charge in [-0.15, -0.1) is 5.21 Å². The van der Waals surface area contributed by atoms with E-state index in [0.29, 0.717) is 6.54 Å². The number of benzene rings is 1. The fourth-order valence-electron chi connectivity index (χ4n) is 0.841. The van der Waals surface area contributed by atoms with Gasteiger partial charge in [-0.2, -0.15) is 5.06 Å². The lowest BCUT2D eigenvalue weighted by atomic mass is 10.2. The van der Waals surface area contributed by atoms with E-state index in [-0.39, 0.29) is 0 Å². The molecular formula is C8H10NO. The van der Waals surface area contributed by atoms with E-state index in [1.807, 2.05) is 30.3 Å². The van der Waals surface area contributed by atoms with E-state index < -0.39 is 0 Å². The molecule has 0 atom stereocenters. The molecular weight excluding hydrogens is 126 g/mol. The predicted molar refractivity (Wildman–Crippen MR) is 38.6 cm³/mol. The van der Waals surface area contributed by atoms with Crippen molar-refractivity contribution in [2.24, 2.45) is 0 Å². The zero-order chi connectivity index (χ0) is 7.40. The Bertz CT molecular complexity index is 184. The third-order valence-corrected chi connectivity index (χ3v) is 1.25. The number of hydroxylamine groups is 2. The maximum Gasteiger partial charge on any atom is 0.0518 e. The topological polar surface area (TPSA) is 23.1 Å². The molecule has 0 unspecified atom stereocenters. The maximum atomic E-state index is 10.5. The monoisotopic (exact) mass is 136 g/mol. The van der Waals surface area contributed by atoms with Gasteiger partial charge in [-0.25, -0.2) is 0 Å². The first-order valence-electron chi connectivity index (χ1n) is 3.21. The molecule has 0 bridgehead atoms. The average Bonchev–Trinajstić information content (AvgIpc) is 1.88. The van der Waals surface area contributed by atoms with Gasteiger partial charge in [0.1, 0.15) is 0 Å². The van der Waals surface area contributed by atoms with Gasteiger partial charge in [0.15, 0.2) is 0 Å². The zero-order valence-electron chi connectivity index (χ0n) is 5.95. The number of rotatable bonds is 2. The van der Waals surface area contributed by atoms with Crippen LogP contribution in [0.25, 0.3) is 0 Å². The highest BCUT2D eigenvalue weighted by Crippen LogP contribution is 1.99. The van der Waals surface area contributed by atoms with Crippen molar-refractivity contribution in [3.63, 3.8) is 0 Å². The van der Waals surface area contributed by atoms with E-state index in [2.05, 4.69) is 0 Å². The lowest BCUT2D eigenvalue weighted by molar-refractivity contribution is -0.142. The Kier molecular flexibility index (Phi) is 2.42. The Labute approximate surface area is 60.7 Å².